The maximum absolute atomic E-state index is 4.37. The predicted octanol–water partition coefficient (Wildman–Crippen LogP) is 3.37. The molecule has 1 aromatic heterocycles. The van der Waals surface area contributed by atoms with E-state index in [1.807, 2.05) is 24.4 Å². The molecule has 70 valence electrons. The van der Waals surface area contributed by atoms with Crippen molar-refractivity contribution in [2.24, 2.45) is 4.99 Å². The zero-order valence-corrected chi connectivity index (χ0v) is 8.58. The number of benzene rings is 1. The van der Waals surface area contributed by atoms with Crippen molar-refractivity contribution in [2.75, 3.05) is 0 Å². The molecule has 0 bridgehead atoms. The molecular formula is C12H11NS. The molecule has 1 aromatic carbocycles. The molecule has 0 unspecified atom stereocenters. The molecule has 0 radical (unpaired) electrons. The maximum Gasteiger partial charge on any atom is 0.0732 e. The van der Waals surface area contributed by atoms with Gasteiger partial charge in [0, 0.05) is 11.1 Å². The van der Waals surface area contributed by atoms with Crippen molar-refractivity contribution in [2.45, 2.75) is 6.54 Å². The summed E-state index contributed by atoms with van der Waals surface area (Å²) in [6.07, 6.45) is 1.92. The smallest absolute Gasteiger partial charge is 0.0732 e. The highest BCUT2D eigenvalue weighted by atomic mass is 32.1. The van der Waals surface area contributed by atoms with Crippen molar-refractivity contribution in [3.63, 3.8) is 0 Å². The van der Waals surface area contributed by atoms with Crippen LogP contribution in [0.4, 0.5) is 0 Å². The minimum absolute atomic E-state index is 0.784. The third-order valence-corrected chi connectivity index (χ3v) is 2.73. The summed E-state index contributed by atoms with van der Waals surface area (Å²) in [7, 11) is 0. The SMILES string of the molecule is C(=NCc1cccs1)c1ccccc1. The molecule has 0 N–H and O–H groups in total. The molecule has 2 rings (SSSR count). The molecule has 0 atom stereocenters. The largest absolute Gasteiger partial charge is 0.287 e. The molecule has 0 amide bonds. The second kappa shape index (κ2) is 4.72. The van der Waals surface area contributed by atoms with E-state index in [9.17, 15) is 0 Å². The van der Waals surface area contributed by atoms with Crippen molar-refractivity contribution in [3.05, 3.63) is 58.3 Å². The van der Waals surface area contributed by atoms with Gasteiger partial charge in [0.1, 0.15) is 0 Å². The second-order valence-electron chi connectivity index (χ2n) is 2.96. The van der Waals surface area contributed by atoms with Gasteiger partial charge in [-0.25, -0.2) is 0 Å². The van der Waals surface area contributed by atoms with Gasteiger partial charge in [-0.05, 0) is 17.0 Å². The zero-order valence-electron chi connectivity index (χ0n) is 7.76. The Kier molecular flexibility index (Phi) is 3.09. The van der Waals surface area contributed by atoms with Gasteiger partial charge in [0.25, 0.3) is 0 Å². The lowest BCUT2D eigenvalue weighted by molar-refractivity contribution is 1.11. The minimum atomic E-state index is 0.784. The topological polar surface area (TPSA) is 12.4 Å². The summed E-state index contributed by atoms with van der Waals surface area (Å²) in [4.78, 5) is 5.67. The fraction of sp³-hybridized carbons (Fsp3) is 0.0833. The van der Waals surface area contributed by atoms with Gasteiger partial charge >= 0.3 is 0 Å². The zero-order chi connectivity index (χ0) is 9.64. The monoisotopic (exact) mass is 201 g/mol. The number of hydrogen-bond acceptors (Lipinski definition) is 2. The van der Waals surface area contributed by atoms with Gasteiger partial charge < -0.3 is 0 Å². The van der Waals surface area contributed by atoms with Gasteiger partial charge in [0.05, 0.1) is 6.54 Å². The summed E-state index contributed by atoms with van der Waals surface area (Å²) < 4.78 is 0. The Morgan fingerprint density at radius 2 is 1.93 bits per heavy atom. The third kappa shape index (κ3) is 2.54. The lowest BCUT2D eigenvalue weighted by Gasteiger charge is -1.91. The Labute approximate surface area is 87.8 Å². The molecule has 2 heteroatoms. The summed E-state index contributed by atoms with van der Waals surface area (Å²) >= 11 is 1.74. The molecule has 1 nitrogen and oxygen atoms in total. The molecule has 0 aliphatic carbocycles. The molecule has 0 fully saturated rings. The van der Waals surface area contributed by atoms with E-state index in [1.54, 1.807) is 11.3 Å². The van der Waals surface area contributed by atoms with Crippen LogP contribution in [0, 0.1) is 0 Å². The van der Waals surface area contributed by atoms with Crippen LogP contribution in [0.15, 0.2) is 52.8 Å². The fourth-order valence-electron chi connectivity index (χ4n) is 1.18. The molecule has 0 aliphatic heterocycles. The number of hydrogen-bond donors (Lipinski definition) is 0. The van der Waals surface area contributed by atoms with Crippen LogP contribution in [0.25, 0.3) is 0 Å². The molecule has 0 spiro atoms. The highest BCUT2D eigenvalue weighted by Gasteiger charge is 1.89. The van der Waals surface area contributed by atoms with E-state index >= 15 is 0 Å². The Morgan fingerprint density at radius 1 is 1.07 bits per heavy atom. The van der Waals surface area contributed by atoms with Gasteiger partial charge in [-0.1, -0.05) is 36.4 Å². The van der Waals surface area contributed by atoms with Crippen LogP contribution in [0.5, 0.6) is 0 Å². The predicted molar refractivity (Wildman–Crippen MR) is 62.1 cm³/mol. The number of nitrogens with zero attached hydrogens (tertiary/aromatic N) is 1. The summed E-state index contributed by atoms with van der Waals surface area (Å²) in [5.74, 6) is 0. The van der Waals surface area contributed by atoms with Gasteiger partial charge in [-0.3, -0.25) is 4.99 Å². The van der Waals surface area contributed by atoms with Crippen LogP contribution in [0.1, 0.15) is 10.4 Å². The Morgan fingerprint density at radius 3 is 2.64 bits per heavy atom. The molecule has 14 heavy (non-hydrogen) atoms. The average molecular weight is 201 g/mol. The van der Waals surface area contributed by atoms with E-state index in [4.69, 9.17) is 0 Å². The van der Waals surface area contributed by atoms with E-state index in [0.717, 1.165) is 12.1 Å². The summed E-state index contributed by atoms with van der Waals surface area (Å²) in [5.41, 5.74) is 1.16. The number of thiophene rings is 1. The van der Waals surface area contributed by atoms with E-state index in [1.165, 1.54) is 4.88 Å². The van der Waals surface area contributed by atoms with Crippen molar-refractivity contribution < 1.29 is 0 Å². The minimum Gasteiger partial charge on any atom is -0.287 e. The van der Waals surface area contributed by atoms with Crippen molar-refractivity contribution in [1.82, 2.24) is 0 Å². The first-order valence-electron chi connectivity index (χ1n) is 4.52. The Bertz CT molecular complexity index is 390. The van der Waals surface area contributed by atoms with Gasteiger partial charge in [-0.2, -0.15) is 0 Å². The quantitative estimate of drug-likeness (QED) is 0.675. The van der Waals surface area contributed by atoms with E-state index in [0.29, 0.717) is 0 Å². The van der Waals surface area contributed by atoms with Crippen LogP contribution in [0.2, 0.25) is 0 Å². The van der Waals surface area contributed by atoms with Crippen LogP contribution in [-0.4, -0.2) is 6.21 Å². The molecule has 0 aliphatic rings. The Hall–Kier alpha value is -1.41. The highest BCUT2D eigenvalue weighted by molar-refractivity contribution is 7.09. The van der Waals surface area contributed by atoms with Gasteiger partial charge in [0.2, 0.25) is 0 Å². The van der Waals surface area contributed by atoms with Crippen molar-refractivity contribution in [1.29, 1.82) is 0 Å². The van der Waals surface area contributed by atoms with Crippen LogP contribution < -0.4 is 0 Å². The first-order valence-corrected chi connectivity index (χ1v) is 5.40. The molecular weight excluding hydrogens is 190 g/mol. The highest BCUT2D eigenvalue weighted by Crippen LogP contribution is 2.09. The summed E-state index contributed by atoms with van der Waals surface area (Å²) in [6, 6.07) is 14.3. The average Bonchev–Trinajstić information content (AvgIpc) is 2.72. The van der Waals surface area contributed by atoms with Crippen LogP contribution >= 0.6 is 11.3 Å². The molecule has 0 saturated heterocycles. The van der Waals surface area contributed by atoms with Crippen LogP contribution in [-0.2, 0) is 6.54 Å². The van der Waals surface area contributed by atoms with E-state index < -0.39 is 0 Å². The van der Waals surface area contributed by atoms with E-state index in [2.05, 4.69) is 34.6 Å². The molecule has 1 heterocycles. The Balaban J connectivity index is 1.96. The fourth-order valence-corrected chi connectivity index (χ4v) is 1.82. The van der Waals surface area contributed by atoms with Crippen molar-refractivity contribution >= 4 is 17.6 Å². The lowest BCUT2D eigenvalue weighted by atomic mass is 10.2. The van der Waals surface area contributed by atoms with E-state index in [-0.39, 0.29) is 0 Å². The first kappa shape index (κ1) is 9.16. The molecule has 0 saturated carbocycles. The van der Waals surface area contributed by atoms with Crippen molar-refractivity contribution in [3.8, 4) is 0 Å². The van der Waals surface area contributed by atoms with Crippen LogP contribution in [0.3, 0.4) is 0 Å². The van der Waals surface area contributed by atoms with Gasteiger partial charge in [0.15, 0.2) is 0 Å². The maximum atomic E-state index is 4.37. The summed E-state index contributed by atoms with van der Waals surface area (Å²) in [6.45, 7) is 0.784. The summed E-state index contributed by atoms with van der Waals surface area (Å²) in [5, 5.41) is 2.08. The second-order valence-corrected chi connectivity index (χ2v) is 3.99. The van der Waals surface area contributed by atoms with Gasteiger partial charge in [-0.15, -0.1) is 11.3 Å². The third-order valence-electron chi connectivity index (χ3n) is 1.87. The number of aliphatic imine (C=N–C) groups is 1. The molecule has 2 aromatic rings. The standard InChI is InChI=1S/C12H11NS/c1-2-5-11(6-3-1)9-13-10-12-7-4-8-14-12/h1-9H,10H2. The number of rotatable bonds is 3. The lowest BCUT2D eigenvalue weighted by Crippen LogP contribution is -1.80. The first-order chi connectivity index (χ1) is 6.95. The normalized spacial score (nSPS) is 10.9.